The molecule has 0 amide bonds. The molecule has 41 heavy (non-hydrogen) atoms. The third-order valence-corrected chi connectivity index (χ3v) is 7.33. The molecule has 9 heteroatoms. The summed E-state index contributed by atoms with van der Waals surface area (Å²) in [6, 6.07) is 31.8. The zero-order valence-electron chi connectivity index (χ0n) is 21.2. The van der Waals surface area contributed by atoms with E-state index in [0.29, 0.717) is 45.9 Å². The molecule has 0 N–H and O–H groups in total. The molecule has 9 rings (SSSR count). The van der Waals surface area contributed by atoms with Crippen LogP contribution in [-0.4, -0.2) is 29.9 Å². The Kier molecular flexibility index (Phi) is 5.12. The van der Waals surface area contributed by atoms with Crippen LogP contribution in [0, 0.1) is 0 Å². The molecule has 0 radical (unpaired) electrons. The van der Waals surface area contributed by atoms with Crippen molar-refractivity contribution in [2.24, 2.45) is 0 Å². The van der Waals surface area contributed by atoms with E-state index in [2.05, 4.69) is 0 Å². The molecular weight excluding hydrogens is 552 g/mol. The number of benzene rings is 4. The maximum atomic E-state index is 4.95. The molecule has 8 bridgehead atoms. The zero-order chi connectivity index (χ0) is 26.2. The van der Waals surface area contributed by atoms with Gasteiger partial charge in [0.05, 0.1) is 23.3 Å². The molecular formula is C32H16FeN8+2. The largest absolute Gasteiger partial charge is 4.00 e. The molecule has 0 saturated heterocycles. The van der Waals surface area contributed by atoms with Gasteiger partial charge in [-0.05, 0) is 21.5 Å². The van der Waals surface area contributed by atoms with Crippen molar-refractivity contribution in [2.45, 2.75) is 0 Å². The summed E-state index contributed by atoms with van der Waals surface area (Å²) in [6.45, 7) is 0. The van der Waals surface area contributed by atoms with Crippen molar-refractivity contribution in [1.82, 2.24) is 39.9 Å². The molecule has 2 aliphatic rings. The predicted octanol–water partition coefficient (Wildman–Crippen LogP) is 6.12. The van der Waals surface area contributed by atoms with Crippen LogP contribution in [0.1, 0.15) is 0 Å². The first-order valence-electron chi connectivity index (χ1n) is 12.9. The minimum absolute atomic E-state index is 0. The summed E-state index contributed by atoms with van der Waals surface area (Å²) >= 11 is 0. The van der Waals surface area contributed by atoms with Gasteiger partial charge in [-0.2, -0.15) is 0 Å². The van der Waals surface area contributed by atoms with Crippen LogP contribution in [0.15, 0.2) is 97.1 Å². The Bertz CT molecular complexity index is 2030. The normalized spacial score (nSPS) is 11.7. The Balaban J connectivity index is 0.00000256. The molecule has 4 aromatic carbocycles. The van der Waals surface area contributed by atoms with E-state index in [9.17, 15) is 0 Å². The summed E-state index contributed by atoms with van der Waals surface area (Å²) in [7, 11) is 0. The minimum Gasteiger partial charge on any atom is -0.357 e. The topological polar surface area (TPSA) is 106 Å². The average Bonchev–Trinajstić information content (AvgIpc) is 3.73. The van der Waals surface area contributed by atoms with E-state index < -0.39 is 0 Å². The molecule has 2 aliphatic heterocycles. The van der Waals surface area contributed by atoms with Gasteiger partial charge in [0, 0.05) is 44.8 Å². The molecule has 5 heterocycles. The Hall–Kier alpha value is -5.24. The van der Waals surface area contributed by atoms with Crippen molar-refractivity contribution in [3.63, 3.8) is 0 Å². The van der Waals surface area contributed by atoms with E-state index in [0.717, 1.165) is 43.8 Å². The maximum absolute atomic E-state index is 4.95. The van der Waals surface area contributed by atoms with Gasteiger partial charge in [-0.3, -0.25) is 0 Å². The Morgan fingerprint density at radius 1 is 0.317 bits per heavy atom. The zero-order valence-corrected chi connectivity index (χ0v) is 22.3. The van der Waals surface area contributed by atoms with E-state index in [1.165, 1.54) is 0 Å². The van der Waals surface area contributed by atoms with E-state index in [4.69, 9.17) is 39.9 Å². The minimum atomic E-state index is 0. The summed E-state index contributed by atoms with van der Waals surface area (Å²) in [6.07, 6.45) is 0. The number of hydrogen-bond donors (Lipinski definition) is 0. The van der Waals surface area contributed by atoms with Gasteiger partial charge < -0.3 is 29.9 Å². The molecule has 0 aliphatic carbocycles. The second kappa shape index (κ2) is 8.89. The Morgan fingerprint density at radius 2 is 0.561 bits per heavy atom. The third kappa shape index (κ3) is 3.53. The van der Waals surface area contributed by atoms with Crippen LogP contribution >= 0.6 is 0 Å². The van der Waals surface area contributed by atoms with Crippen LogP contribution in [0.2, 0.25) is 0 Å². The van der Waals surface area contributed by atoms with Gasteiger partial charge in [0.2, 0.25) is 0 Å². The van der Waals surface area contributed by atoms with Crippen LogP contribution in [0.4, 0.5) is 0 Å². The number of nitrogens with zero attached hydrogens (tertiary/aromatic N) is 8. The van der Waals surface area contributed by atoms with Crippen LogP contribution in [0.3, 0.4) is 0 Å². The van der Waals surface area contributed by atoms with Crippen LogP contribution < -0.4 is 9.97 Å². The average molecular weight is 568 g/mol. The van der Waals surface area contributed by atoms with Crippen LogP contribution in [-0.2, 0) is 17.1 Å². The first-order chi connectivity index (χ1) is 19.8. The quantitative estimate of drug-likeness (QED) is 0.201. The molecule has 0 spiro atoms. The second-order valence-electron chi connectivity index (χ2n) is 9.67. The van der Waals surface area contributed by atoms with Gasteiger partial charge in [0.15, 0.2) is 0 Å². The van der Waals surface area contributed by atoms with Gasteiger partial charge >= 0.3 is 17.1 Å². The fourth-order valence-corrected chi connectivity index (χ4v) is 5.46. The first-order valence-corrected chi connectivity index (χ1v) is 12.9. The summed E-state index contributed by atoms with van der Waals surface area (Å²) in [4.78, 5) is 39.3. The monoisotopic (exact) mass is 568 g/mol. The maximum Gasteiger partial charge on any atom is 4.00 e. The van der Waals surface area contributed by atoms with Gasteiger partial charge in [-0.1, -0.05) is 97.1 Å². The molecule has 8 nitrogen and oxygen atoms in total. The van der Waals surface area contributed by atoms with Crippen molar-refractivity contribution in [3.8, 4) is 45.6 Å². The summed E-state index contributed by atoms with van der Waals surface area (Å²) in [5.74, 6) is 2.21. The summed E-state index contributed by atoms with van der Waals surface area (Å²) in [5, 5.41) is 3.57. The fraction of sp³-hybridized carbons (Fsp3) is 0. The Morgan fingerprint density at radius 3 is 0.829 bits per heavy atom. The van der Waals surface area contributed by atoms with E-state index in [-0.39, 0.29) is 17.1 Å². The molecule has 0 atom stereocenters. The molecule has 3 aromatic heterocycles. The van der Waals surface area contributed by atoms with Gasteiger partial charge in [-0.15, -0.1) is 0 Å². The van der Waals surface area contributed by atoms with Crippen molar-refractivity contribution in [3.05, 3.63) is 97.1 Å². The van der Waals surface area contributed by atoms with Crippen molar-refractivity contribution in [1.29, 1.82) is 0 Å². The second-order valence-corrected chi connectivity index (χ2v) is 9.67. The van der Waals surface area contributed by atoms with Crippen LogP contribution in [0.25, 0.3) is 89.7 Å². The molecule has 0 unspecified atom stereocenters. The predicted molar refractivity (Wildman–Crippen MR) is 154 cm³/mol. The van der Waals surface area contributed by atoms with E-state index in [1.54, 1.807) is 0 Å². The van der Waals surface area contributed by atoms with Crippen LogP contribution in [0.5, 0.6) is 0 Å². The van der Waals surface area contributed by atoms with Gasteiger partial charge in [0.1, 0.15) is 0 Å². The third-order valence-electron chi connectivity index (χ3n) is 7.33. The number of rotatable bonds is 0. The molecule has 0 saturated carbocycles. The molecule has 190 valence electrons. The Labute approximate surface area is 243 Å². The van der Waals surface area contributed by atoms with E-state index >= 15 is 0 Å². The standard InChI is InChI=1S/C32H16N8.Fe/c1-2-10-18-17(9-1)25-33-26(18)38-28-21-13-5-6-14-22(21)30(35-28)40-32-24-16-8-7-15-23(24)31(36-32)39-29-20-12-4-3-11-19(20)27(34-29)37-25;/h1-16H;/q-2;+4. The smallest absolute Gasteiger partial charge is 0.357 e. The number of fused-ring (bicyclic) bond motifs is 20. The van der Waals surface area contributed by atoms with Gasteiger partial charge in [0.25, 0.3) is 0 Å². The van der Waals surface area contributed by atoms with Gasteiger partial charge in [-0.25, -0.2) is 9.97 Å². The summed E-state index contributed by atoms with van der Waals surface area (Å²) in [5.41, 5.74) is 5.78. The van der Waals surface area contributed by atoms with Crippen molar-refractivity contribution < 1.29 is 17.1 Å². The summed E-state index contributed by atoms with van der Waals surface area (Å²) < 4.78 is 0. The number of aromatic nitrogens is 8. The van der Waals surface area contributed by atoms with Crippen molar-refractivity contribution >= 4 is 44.1 Å². The number of hydrogen-bond acceptors (Lipinski definition) is 6. The molecule has 0 fully saturated rings. The van der Waals surface area contributed by atoms with E-state index in [1.807, 2.05) is 97.1 Å². The molecule has 7 aromatic rings. The SMILES string of the molecule is [Fe+4].c1ccc2c(c1)-c1nc-2nc2[n-]c(nc3nc(nc4[n-]c(n1)c1ccccc41)-c1ccccc1-3)c1ccccc21. The fourth-order valence-electron chi connectivity index (χ4n) is 5.46. The first kappa shape index (κ1) is 23.6. The van der Waals surface area contributed by atoms with Crippen molar-refractivity contribution in [2.75, 3.05) is 0 Å².